The molecule has 15 heteroatoms. The number of amides is 1. The second-order valence-electron chi connectivity index (χ2n) is 19.7. The predicted molar refractivity (Wildman–Crippen MR) is 260 cm³/mol. The van der Waals surface area contributed by atoms with E-state index in [9.17, 15) is 4.79 Å². The summed E-state index contributed by atoms with van der Waals surface area (Å²) in [5.74, 6) is -1.81. The predicted octanol–water partition coefficient (Wildman–Crippen LogP) is 8.18. The van der Waals surface area contributed by atoms with E-state index in [0.29, 0.717) is 26.4 Å². The zero-order chi connectivity index (χ0) is 49.4. The molecule has 4 aliphatic rings. The van der Waals surface area contributed by atoms with Crippen molar-refractivity contribution >= 4 is 5.91 Å². The van der Waals surface area contributed by atoms with Gasteiger partial charge in [-0.25, -0.2) is 0 Å². The molecule has 388 valence electrons. The molecule has 4 saturated heterocycles. The lowest BCUT2D eigenvalue weighted by Crippen LogP contribution is -2.69. The van der Waals surface area contributed by atoms with Crippen molar-refractivity contribution in [2.45, 2.75) is 192 Å². The normalized spacial score (nSPS) is 30.6. The largest absolute Gasteiger partial charge is 0.376 e. The maximum absolute atomic E-state index is 13.4. The Morgan fingerprint density at radius 2 is 1.11 bits per heavy atom. The minimum absolute atomic E-state index is 0.0794. The molecule has 4 aliphatic heterocycles. The van der Waals surface area contributed by atoms with Crippen LogP contribution in [0.3, 0.4) is 0 Å². The summed E-state index contributed by atoms with van der Waals surface area (Å²) in [5.41, 5.74) is 2.95. The first kappa shape index (κ1) is 54.4. The molecule has 70 heavy (non-hydrogen) atoms. The van der Waals surface area contributed by atoms with E-state index in [2.05, 4.69) is 12.2 Å². The molecule has 4 fully saturated rings. The average molecular weight is 978 g/mol. The summed E-state index contributed by atoms with van der Waals surface area (Å²) in [7, 11) is 0. The van der Waals surface area contributed by atoms with Gasteiger partial charge in [-0.2, -0.15) is 0 Å². The van der Waals surface area contributed by atoms with Crippen LogP contribution in [0.15, 0.2) is 91.0 Å². The maximum atomic E-state index is 13.4. The molecule has 0 radical (unpaired) electrons. The van der Waals surface area contributed by atoms with Crippen molar-refractivity contribution in [2.75, 3.05) is 39.6 Å². The number of benzene rings is 3. The van der Waals surface area contributed by atoms with Gasteiger partial charge in [0.25, 0.3) is 0 Å². The van der Waals surface area contributed by atoms with Crippen molar-refractivity contribution in [3.05, 3.63) is 108 Å². The molecule has 3 aromatic carbocycles. The van der Waals surface area contributed by atoms with E-state index in [1.165, 1.54) is 19.8 Å². The second kappa shape index (κ2) is 27.1. The molecule has 0 aliphatic carbocycles. The summed E-state index contributed by atoms with van der Waals surface area (Å²) < 4.78 is 85.9. The fourth-order valence-electron chi connectivity index (χ4n) is 9.37. The molecule has 0 saturated carbocycles. The molecule has 0 spiro atoms. The highest BCUT2D eigenvalue weighted by molar-refractivity contribution is 5.73. The van der Waals surface area contributed by atoms with Gasteiger partial charge in [0.2, 0.25) is 5.91 Å². The van der Waals surface area contributed by atoms with Crippen LogP contribution in [-0.4, -0.2) is 131 Å². The summed E-state index contributed by atoms with van der Waals surface area (Å²) in [6, 6.07) is 29.1. The Kier molecular flexibility index (Phi) is 21.0. The van der Waals surface area contributed by atoms with Gasteiger partial charge in [-0.05, 0) is 57.7 Å². The van der Waals surface area contributed by atoms with E-state index in [4.69, 9.17) is 61.6 Å². The molecule has 1 N–H and O–H groups in total. The standard InChI is InChI=1S/C55H79NO14/c1-8-9-10-11-12-22-29-59-52-46(56-39(3)57)49(48(63-34-44-36-65-55(6,7)70-44)45(67-52)37-58-33-43-35-64-54(4,5)69-43)68-53-51(62-32-42-27-20-15-21-28-42)50(61-31-41-25-18-14-19-26-41)47(38(2)66-53)60-30-40-23-16-13-17-24-40/h13-21,23-28,38,43-53H,8-12,22,29-37H2,1-7H3,(H,56,57)/t38-,43-,44-,45+,46+,47+,48+,49+,50+,51-,52-,53-/m0/s1. The van der Waals surface area contributed by atoms with Crippen LogP contribution in [0.1, 0.15) is 104 Å². The highest BCUT2D eigenvalue weighted by Gasteiger charge is 2.54. The van der Waals surface area contributed by atoms with Gasteiger partial charge in [0.1, 0.15) is 54.9 Å². The van der Waals surface area contributed by atoms with Crippen LogP contribution in [0.4, 0.5) is 0 Å². The molecule has 3 aromatic rings. The number of unbranched alkanes of at least 4 members (excludes halogenated alkanes) is 5. The Balaban J connectivity index is 1.23. The molecule has 0 unspecified atom stereocenters. The summed E-state index contributed by atoms with van der Waals surface area (Å²) in [6.45, 7) is 15.5. The highest BCUT2D eigenvalue weighted by Crippen LogP contribution is 2.36. The van der Waals surface area contributed by atoms with E-state index in [1.54, 1.807) is 0 Å². The van der Waals surface area contributed by atoms with E-state index in [1.807, 2.05) is 126 Å². The van der Waals surface area contributed by atoms with Gasteiger partial charge in [-0.1, -0.05) is 130 Å². The quantitative estimate of drug-likeness (QED) is 0.0732. The van der Waals surface area contributed by atoms with Crippen LogP contribution in [0, 0.1) is 0 Å². The Hall–Kier alpha value is -3.39. The van der Waals surface area contributed by atoms with Gasteiger partial charge in [-0.15, -0.1) is 0 Å². The third-order valence-electron chi connectivity index (χ3n) is 12.9. The number of hydrogen-bond donors (Lipinski definition) is 1. The Bertz CT molecular complexity index is 1940. The molecular weight excluding hydrogens is 899 g/mol. The average Bonchev–Trinajstić information content (AvgIpc) is 3.89. The minimum atomic E-state index is -1.07. The number of rotatable bonds is 27. The van der Waals surface area contributed by atoms with Gasteiger partial charge in [-0.3, -0.25) is 4.79 Å². The molecule has 15 nitrogen and oxygen atoms in total. The second-order valence-corrected chi connectivity index (χ2v) is 19.7. The number of carbonyl (C=O) groups is 1. The van der Waals surface area contributed by atoms with Crippen molar-refractivity contribution in [2.24, 2.45) is 0 Å². The summed E-state index contributed by atoms with van der Waals surface area (Å²) in [5, 5.41) is 3.15. The monoisotopic (exact) mass is 978 g/mol. The Morgan fingerprint density at radius 3 is 1.66 bits per heavy atom. The number of ether oxygens (including phenoxy) is 13. The zero-order valence-electron chi connectivity index (χ0n) is 42.4. The smallest absolute Gasteiger partial charge is 0.217 e. The summed E-state index contributed by atoms with van der Waals surface area (Å²) in [4.78, 5) is 13.4. The van der Waals surface area contributed by atoms with Gasteiger partial charge < -0.3 is 66.9 Å². The van der Waals surface area contributed by atoms with Gasteiger partial charge in [0, 0.05) is 13.5 Å². The number of carbonyl (C=O) groups excluding carboxylic acids is 1. The van der Waals surface area contributed by atoms with Crippen LogP contribution in [0.2, 0.25) is 0 Å². The Morgan fingerprint density at radius 1 is 0.586 bits per heavy atom. The van der Waals surface area contributed by atoms with E-state index in [-0.39, 0.29) is 45.0 Å². The first-order valence-electron chi connectivity index (χ1n) is 25.5. The lowest BCUT2D eigenvalue weighted by Gasteiger charge is -2.50. The Labute approximate surface area is 415 Å². The van der Waals surface area contributed by atoms with Crippen molar-refractivity contribution in [1.82, 2.24) is 5.32 Å². The van der Waals surface area contributed by atoms with Crippen LogP contribution in [0.25, 0.3) is 0 Å². The number of hydrogen-bond acceptors (Lipinski definition) is 14. The lowest BCUT2D eigenvalue weighted by molar-refractivity contribution is -0.358. The van der Waals surface area contributed by atoms with Crippen molar-refractivity contribution < 1.29 is 66.4 Å². The van der Waals surface area contributed by atoms with Crippen LogP contribution in [0.5, 0.6) is 0 Å². The molecule has 1 amide bonds. The molecule has 12 atom stereocenters. The van der Waals surface area contributed by atoms with E-state index < -0.39 is 79.0 Å². The maximum Gasteiger partial charge on any atom is 0.217 e. The third kappa shape index (κ3) is 16.6. The van der Waals surface area contributed by atoms with Gasteiger partial charge in [0.05, 0.1) is 59.0 Å². The molecular formula is C55H79NO14. The molecule has 4 heterocycles. The van der Waals surface area contributed by atoms with Gasteiger partial charge in [0.15, 0.2) is 24.2 Å². The summed E-state index contributed by atoms with van der Waals surface area (Å²) >= 11 is 0. The zero-order valence-corrected chi connectivity index (χ0v) is 42.4. The third-order valence-corrected chi connectivity index (χ3v) is 12.9. The van der Waals surface area contributed by atoms with Crippen molar-refractivity contribution in [3.8, 4) is 0 Å². The van der Waals surface area contributed by atoms with E-state index >= 15 is 0 Å². The fourth-order valence-corrected chi connectivity index (χ4v) is 9.37. The van der Waals surface area contributed by atoms with Crippen LogP contribution < -0.4 is 5.32 Å². The van der Waals surface area contributed by atoms with Crippen molar-refractivity contribution in [1.29, 1.82) is 0 Å². The first-order chi connectivity index (χ1) is 33.9. The topological polar surface area (TPSA) is 149 Å². The fraction of sp³-hybridized carbons (Fsp3) is 0.655. The molecule has 0 bridgehead atoms. The van der Waals surface area contributed by atoms with Crippen molar-refractivity contribution in [3.63, 3.8) is 0 Å². The minimum Gasteiger partial charge on any atom is -0.376 e. The van der Waals surface area contributed by atoms with Crippen LogP contribution in [-0.2, 0) is 86.2 Å². The SMILES string of the molecule is CCCCCCCCO[C@H]1O[C@H](COC[C@H]2COC(C)(C)O2)[C@@H](OC[C@H]2COC(C)(C)O2)[C@H](O[C@@H]2O[C@@H](C)[C@@H](OCc3ccccc3)[C@@H](OCc3ccccc3)[C@@H]2OCc2ccccc2)[C@H]1NC(C)=O. The van der Waals surface area contributed by atoms with Gasteiger partial charge >= 0.3 is 0 Å². The molecule has 0 aromatic heterocycles. The summed E-state index contributed by atoms with van der Waals surface area (Å²) in [6.07, 6.45) is -1.49. The molecule has 7 rings (SSSR count). The van der Waals surface area contributed by atoms with Crippen LogP contribution >= 0.6 is 0 Å². The highest BCUT2D eigenvalue weighted by atomic mass is 16.8. The number of nitrogens with one attached hydrogen (secondary N) is 1. The lowest BCUT2D eigenvalue weighted by atomic mass is 9.94. The first-order valence-corrected chi connectivity index (χ1v) is 25.5. The van der Waals surface area contributed by atoms with E-state index in [0.717, 1.165) is 42.4 Å².